The summed E-state index contributed by atoms with van der Waals surface area (Å²) in [7, 11) is 0. The van der Waals surface area contributed by atoms with Crippen molar-refractivity contribution in [1.82, 2.24) is 0 Å². The summed E-state index contributed by atoms with van der Waals surface area (Å²) in [5.74, 6) is -0.213. The molecule has 0 heterocycles. The molecule has 2 aromatic rings. The molecule has 2 aromatic carbocycles. The lowest BCUT2D eigenvalue weighted by atomic mass is 9.81. The van der Waals surface area contributed by atoms with E-state index in [1.807, 2.05) is 49.4 Å². The molecular formula is C21H25IO2. The van der Waals surface area contributed by atoms with Crippen molar-refractivity contribution in [1.29, 1.82) is 0 Å². The molecule has 1 unspecified atom stereocenters. The number of hydrogen-bond acceptors (Lipinski definition) is 2. The van der Waals surface area contributed by atoms with Gasteiger partial charge in [-0.25, -0.2) is 0 Å². The van der Waals surface area contributed by atoms with Crippen LogP contribution < -0.4 is 0 Å². The Balaban J connectivity index is 2.10. The molecule has 24 heavy (non-hydrogen) atoms. The van der Waals surface area contributed by atoms with Crippen LogP contribution in [-0.4, -0.2) is 5.97 Å². The fraction of sp³-hybridized carbons (Fsp3) is 0.381. The van der Waals surface area contributed by atoms with Gasteiger partial charge >= 0.3 is 5.97 Å². The Bertz CT molecular complexity index is 673. The first-order valence-electron chi connectivity index (χ1n) is 8.28. The van der Waals surface area contributed by atoms with Crippen LogP contribution in [0.15, 0.2) is 54.6 Å². The highest BCUT2D eigenvalue weighted by molar-refractivity contribution is 14.1. The van der Waals surface area contributed by atoms with Gasteiger partial charge in [-0.3, -0.25) is 4.79 Å². The second-order valence-electron chi connectivity index (χ2n) is 6.88. The average molecular weight is 436 g/mol. The minimum absolute atomic E-state index is 0.147. The van der Waals surface area contributed by atoms with E-state index < -0.39 is 3.42 Å². The highest BCUT2D eigenvalue weighted by Gasteiger charge is 2.34. The SMILES string of the molecule is CCC(C)(C)c1ccc(C(C)(I)C(=O)OCc2ccccc2)cc1. The third-order valence-electron chi connectivity index (χ3n) is 4.69. The van der Waals surface area contributed by atoms with Crippen LogP contribution in [0.2, 0.25) is 0 Å². The summed E-state index contributed by atoms with van der Waals surface area (Å²) in [6, 6.07) is 18.1. The summed E-state index contributed by atoms with van der Waals surface area (Å²) in [6.45, 7) is 8.87. The fourth-order valence-electron chi connectivity index (χ4n) is 2.42. The molecule has 0 aromatic heterocycles. The van der Waals surface area contributed by atoms with Gasteiger partial charge in [0, 0.05) is 0 Å². The summed E-state index contributed by atoms with van der Waals surface area (Å²) in [4.78, 5) is 12.5. The average Bonchev–Trinajstić information content (AvgIpc) is 2.60. The molecule has 3 heteroatoms. The Labute approximate surface area is 158 Å². The summed E-state index contributed by atoms with van der Waals surface area (Å²) in [6.07, 6.45) is 1.08. The number of ether oxygens (including phenoxy) is 1. The van der Waals surface area contributed by atoms with Crippen molar-refractivity contribution < 1.29 is 9.53 Å². The first-order valence-corrected chi connectivity index (χ1v) is 9.36. The van der Waals surface area contributed by atoms with E-state index in [1.54, 1.807) is 0 Å². The Kier molecular flexibility index (Phi) is 6.07. The molecule has 0 N–H and O–H groups in total. The molecule has 0 bridgehead atoms. The molecule has 0 aliphatic heterocycles. The Morgan fingerprint density at radius 2 is 1.50 bits per heavy atom. The highest BCUT2D eigenvalue weighted by atomic mass is 127. The Hall–Kier alpha value is -1.36. The van der Waals surface area contributed by atoms with E-state index in [2.05, 4.69) is 55.5 Å². The molecule has 0 aliphatic rings. The van der Waals surface area contributed by atoms with E-state index in [4.69, 9.17) is 4.74 Å². The zero-order valence-electron chi connectivity index (χ0n) is 14.8. The Morgan fingerprint density at radius 1 is 0.958 bits per heavy atom. The fourth-order valence-corrected chi connectivity index (χ4v) is 2.93. The molecule has 0 spiro atoms. The molecule has 2 rings (SSSR count). The summed E-state index contributed by atoms with van der Waals surface area (Å²) in [5, 5.41) is 0. The maximum absolute atomic E-state index is 12.5. The van der Waals surface area contributed by atoms with Crippen molar-refractivity contribution in [2.75, 3.05) is 0 Å². The third-order valence-corrected chi connectivity index (χ3v) is 5.75. The predicted molar refractivity (Wildman–Crippen MR) is 107 cm³/mol. The van der Waals surface area contributed by atoms with Gasteiger partial charge in [-0.15, -0.1) is 0 Å². The standard InChI is InChI=1S/C21H25IO2/c1-5-20(2,3)17-11-13-18(14-12-17)21(4,22)19(23)24-15-16-9-7-6-8-10-16/h6-14H,5,15H2,1-4H3. The van der Waals surface area contributed by atoms with Gasteiger partial charge in [0.05, 0.1) is 0 Å². The topological polar surface area (TPSA) is 26.3 Å². The minimum Gasteiger partial charge on any atom is -0.460 e. The quantitative estimate of drug-likeness (QED) is 0.327. The van der Waals surface area contributed by atoms with Gasteiger partial charge in [0.2, 0.25) is 0 Å². The largest absolute Gasteiger partial charge is 0.460 e. The van der Waals surface area contributed by atoms with Crippen molar-refractivity contribution in [3.63, 3.8) is 0 Å². The van der Waals surface area contributed by atoms with Crippen molar-refractivity contribution in [2.45, 2.75) is 49.6 Å². The number of halogens is 1. The van der Waals surface area contributed by atoms with Crippen LogP contribution in [0.25, 0.3) is 0 Å². The second kappa shape index (κ2) is 7.68. The minimum atomic E-state index is -0.693. The van der Waals surface area contributed by atoms with Gasteiger partial charge in [-0.05, 0) is 35.4 Å². The first kappa shape index (κ1) is 19.0. The van der Waals surface area contributed by atoms with Crippen LogP contribution in [-0.2, 0) is 25.0 Å². The molecule has 0 saturated carbocycles. The van der Waals surface area contributed by atoms with Gasteiger partial charge in [-0.1, -0.05) is 98.0 Å². The maximum atomic E-state index is 12.5. The number of carbonyl (C=O) groups is 1. The van der Waals surface area contributed by atoms with Gasteiger partial charge in [-0.2, -0.15) is 0 Å². The first-order chi connectivity index (χ1) is 11.3. The molecule has 0 amide bonds. The van der Waals surface area contributed by atoms with Crippen molar-refractivity contribution in [3.05, 3.63) is 71.3 Å². The van der Waals surface area contributed by atoms with Crippen LogP contribution in [0.4, 0.5) is 0 Å². The van der Waals surface area contributed by atoms with Crippen LogP contribution in [0.1, 0.15) is 50.8 Å². The summed E-state index contributed by atoms with van der Waals surface area (Å²) >= 11 is 2.18. The van der Waals surface area contributed by atoms with E-state index in [0.29, 0.717) is 6.61 Å². The lowest BCUT2D eigenvalue weighted by molar-refractivity contribution is -0.147. The van der Waals surface area contributed by atoms with E-state index >= 15 is 0 Å². The van der Waals surface area contributed by atoms with Crippen LogP contribution >= 0.6 is 22.6 Å². The third kappa shape index (κ3) is 4.38. The van der Waals surface area contributed by atoms with Gasteiger partial charge < -0.3 is 4.74 Å². The van der Waals surface area contributed by atoms with Crippen LogP contribution in [0.5, 0.6) is 0 Å². The lowest BCUT2D eigenvalue weighted by Crippen LogP contribution is -2.28. The number of benzene rings is 2. The van der Waals surface area contributed by atoms with E-state index in [0.717, 1.165) is 17.5 Å². The second-order valence-corrected chi connectivity index (χ2v) is 9.04. The number of carbonyl (C=O) groups excluding carboxylic acids is 1. The molecule has 2 nitrogen and oxygen atoms in total. The van der Waals surface area contributed by atoms with Crippen molar-refractivity contribution in [2.24, 2.45) is 0 Å². The van der Waals surface area contributed by atoms with E-state index in [1.165, 1.54) is 5.56 Å². The molecule has 0 aliphatic carbocycles. The monoisotopic (exact) mass is 436 g/mol. The van der Waals surface area contributed by atoms with Gasteiger partial charge in [0.1, 0.15) is 10.0 Å². The summed E-state index contributed by atoms with van der Waals surface area (Å²) in [5.41, 5.74) is 3.40. The van der Waals surface area contributed by atoms with Crippen molar-refractivity contribution >= 4 is 28.6 Å². The zero-order chi connectivity index (χ0) is 17.8. The maximum Gasteiger partial charge on any atom is 0.326 e. The number of hydrogen-bond donors (Lipinski definition) is 0. The molecule has 0 radical (unpaired) electrons. The highest BCUT2D eigenvalue weighted by Crippen LogP contribution is 2.35. The molecule has 1 atom stereocenters. The Morgan fingerprint density at radius 3 is 2.04 bits per heavy atom. The molecule has 0 saturated heterocycles. The normalized spacial score (nSPS) is 14.0. The number of alkyl halides is 1. The number of esters is 1. The van der Waals surface area contributed by atoms with E-state index in [-0.39, 0.29) is 11.4 Å². The molecule has 128 valence electrons. The van der Waals surface area contributed by atoms with Crippen molar-refractivity contribution in [3.8, 4) is 0 Å². The van der Waals surface area contributed by atoms with Crippen LogP contribution in [0, 0.1) is 0 Å². The zero-order valence-corrected chi connectivity index (χ0v) is 17.0. The lowest BCUT2D eigenvalue weighted by Gasteiger charge is -2.26. The van der Waals surface area contributed by atoms with Crippen LogP contribution in [0.3, 0.4) is 0 Å². The smallest absolute Gasteiger partial charge is 0.326 e. The molecular weight excluding hydrogens is 411 g/mol. The summed E-state index contributed by atoms with van der Waals surface area (Å²) < 4.78 is 4.83. The van der Waals surface area contributed by atoms with Gasteiger partial charge in [0.15, 0.2) is 0 Å². The predicted octanol–water partition coefficient (Wildman–Crippen LogP) is 5.77. The van der Waals surface area contributed by atoms with E-state index in [9.17, 15) is 4.79 Å². The van der Waals surface area contributed by atoms with Gasteiger partial charge in [0.25, 0.3) is 0 Å². The molecule has 0 fully saturated rings. The number of rotatable bonds is 6.